The quantitative estimate of drug-likeness (QED) is 0.847. The Labute approximate surface area is 125 Å². The number of nitrogens with one attached hydrogen (secondary N) is 1. The van der Waals surface area contributed by atoms with E-state index in [4.69, 9.17) is 0 Å². The van der Waals surface area contributed by atoms with E-state index in [1.165, 1.54) is 48.7 Å². The number of rotatable bonds is 5. The molecule has 0 saturated heterocycles. The van der Waals surface area contributed by atoms with Crippen molar-refractivity contribution in [1.29, 1.82) is 0 Å². The predicted molar refractivity (Wildman–Crippen MR) is 84.3 cm³/mol. The lowest BCUT2D eigenvalue weighted by molar-refractivity contribution is 0.157. The number of hydrogen-bond acceptors (Lipinski definition) is 1. The third-order valence-electron chi connectivity index (χ3n) is 5.30. The third kappa shape index (κ3) is 2.75. The number of hydrogen-bond donors (Lipinski definition) is 1. The van der Waals surface area contributed by atoms with E-state index in [2.05, 4.69) is 52.4 Å². The Hall–Kier alpha value is -0.340. The predicted octanol–water partition coefficient (Wildman–Crippen LogP) is 4.41. The van der Waals surface area contributed by atoms with Gasteiger partial charge in [0.15, 0.2) is 0 Å². The lowest BCUT2D eigenvalue weighted by Gasteiger charge is -2.38. The summed E-state index contributed by atoms with van der Waals surface area (Å²) in [5.41, 5.74) is 2.04. The van der Waals surface area contributed by atoms with E-state index in [1.54, 1.807) is 0 Å². The molecule has 0 aromatic heterocycles. The molecule has 3 unspecified atom stereocenters. The number of fused-ring (bicyclic) bond motifs is 2. The highest BCUT2D eigenvalue weighted by Crippen LogP contribution is 2.57. The fourth-order valence-corrected chi connectivity index (χ4v) is 4.70. The van der Waals surface area contributed by atoms with Crippen LogP contribution in [-0.4, -0.2) is 13.1 Å². The van der Waals surface area contributed by atoms with Gasteiger partial charge in [0.1, 0.15) is 0 Å². The molecule has 0 heterocycles. The molecule has 0 amide bonds. The summed E-state index contributed by atoms with van der Waals surface area (Å²) in [5, 5.41) is 3.64. The van der Waals surface area contributed by atoms with Crippen molar-refractivity contribution in [2.24, 2.45) is 17.3 Å². The van der Waals surface area contributed by atoms with Crippen LogP contribution in [0.5, 0.6) is 0 Å². The van der Waals surface area contributed by atoms with Crippen molar-refractivity contribution < 1.29 is 0 Å². The molecule has 19 heavy (non-hydrogen) atoms. The summed E-state index contributed by atoms with van der Waals surface area (Å²) in [4.78, 5) is 0. The Balaban J connectivity index is 1.78. The summed E-state index contributed by atoms with van der Waals surface area (Å²) in [6.07, 6.45) is 7.14. The molecule has 2 bridgehead atoms. The lowest BCUT2D eigenvalue weighted by atomic mass is 9.69. The van der Waals surface area contributed by atoms with Gasteiger partial charge < -0.3 is 5.32 Å². The highest BCUT2D eigenvalue weighted by molar-refractivity contribution is 9.10. The first-order valence-electron chi connectivity index (χ1n) is 7.67. The molecule has 3 rings (SSSR count). The van der Waals surface area contributed by atoms with Gasteiger partial charge in [0, 0.05) is 11.0 Å². The summed E-state index contributed by atoms with van der Waals surface area (Å²) >= 11 is 3.53. The van der Waals surface area contributed by atoms with Crippen molar-refractivity contribution in [3.05, 3.63) is 34.3 Å². The van der Waals surface area contributed by atoms with Crippen LogP contribution in [0.1, 0.15) is 38.2 Å². The molecule has 2 aliphatic carbocycles. The zero-order valence-corrected chi connectivity index (χ0v) is 13.4. The van der Waals surface area contributed by atoms with Gasteiger partial charge in [-0.3, -0.25) is 0 Å². The summed E-state index contributed by atoms with van der Waals surface area (Å²) in [6, 6.07) is 8.96. The maximum Gasteiger partial charge on any atom is 0.0175 e. The minimum absolute atomic E-state index is 0.534. The second-order valence-corrected chi connectivity index (χ2v) is 7.44. The first-order valence-corrected chi connectivity index (χ1v) is 8.46. The summed E-state index contributed by atoms with van der Waals surface area (Å²) < 4.78 is 1.19. The van der Waals surface area contributed by atoms with Gasteiger partial charge in [-0.15, -0.1) is 0 Å². The van der Waals surface area contributed by atoms with Crippen LogP contribution in [0.4, 0.5) is 0 Å². The summed E-state index contributed by atoms with van der Waals surface area (Å²) in [7, 11) is 0. The molecule has 2 aliphatic rings. The average molecular weight is 322 g/mol. The van der Waals surface area contributed by atoms with Crippen molar-refractivity contribution in [3.8, 4) is 0 Å². The molecule has 3 atom stereocenters. The van der Waals surface area contributed by atoms with Crippen LogP contribution < -0.4 is 5.32 Å². The van der Waals surface area contributed by atoms with Crippen LogP contribution in [0, 0.1) is 17.3 Å². The summed E-state index contributed by atoms with van der Waals surface area (Å²) in [6.45, 7) is 4.53. The molecule has 0 radical (unpaired) electrons. The van der Waals surface area contributed by atoms with E-state index < -0.39 is 0 Å². The Morgan fingerprint density at radius 2 is 2.05 bits per heavy atom. The van der Waals surface area contributed by atoms with Crippen LogP contribution in [0.25, 0.3) is 0 Å². The largest absolute Gasteiger partial charge is 0.316 e. The second-order valence-electron chi connectivity index (χ2n) is 6.53. The zero-order valence-electron chi connectivity index (χ0n) is 11.8. The average Bonchev–Trinajstić information content (AvgIpc) is 3.00. The van der Waals surface area contributed by atoms with Crippen LogP contribution in [0.15, 0.2) is 28.7 Å². The minimum Gasteiger partial charge on any atom is -0.316 e. The Morgan fingerprint density at radius 1 is 1.26 bits per heavy atom. The maximum absolute atomic E-state index is 3.64. The first-order chi connectivity index (χ1) is 9.22. The normalized spacial score (nSPS) is 32.9. The second kappa shape index (κ2) is 5.57. The molecular weight excluding hydrogens is 298 g/mol. The number of benzene rings is 1. The first kappa shape index (κ1) is 13.6. The van der Waals surface area contributed by atoms with Crippen LogP contribution in [0.3, 0.4) is 0 Å². The van der Waals surface area contributed by atoms with Crippen LogP contribution >= 0.6 is 15.9 Å². The third-order valence-corrected chi connectivity index (χ3v) is 5.83. The van der Waals surface area contributed by atoms with Gasteiger partial charge in [0.25, 0.3) is 0 Å². The fourth-order valence-electron chi connectivity index (χ4n) is 4.44. The fraction of sp³-hybridized carbons (Fsp3) is 0.647. The van der Waals surface area contributed by atoms with E-state index in [9.17, 15) is 0 Å². The zero-order chi connectivity index (χ0) is 13.3. The van der Waals surface area contributed by atoms with Crippen molar-refractivity contribution >= 4 is 15.9 Å². The van der Waals surface area contributed by atoms with E-state index >= 15 is 0 Å². The van der Waals surface area contributed by atoms with Crippen molar-refractivity contribution in [2.75, 3.05) is 13.1 Å². The Kier molecular flexibility index (Phi) is 4.00. The Bertz CT molecular complexity index is 427. The monoisotopic (exact) mass is 321 g/mol. The van der Waals surface area contributed by atoms with Gasteiger partial charge in [-0.1, -0.05) is 41.4 Å². The van der Waals surface area contributed by atoms with E-state index in [0.717, 1.165) is 18.4 Å². The molecule has 1 nitrogen and oxygen atoms in total. The van der Waals surface area contributed by atoms with Gasteiger partial charge in [-0.25, -0.2) is 0 Å². The SMILES string of the molecule is CCNCC1(Cc2ccc(Br)cc2)CC2CCC1C2. The highest BCUT2D eigenvalue weighted by Gasteiger charge is 2.50. The van der Waals surface area contributed by atoms with Gasteiger partial charge >= 0.3 is 0 Å². The molecule has 0 spiro atoms. The molecule has 0 aliphatic heterocycles. The standard InChI is InChI=1S/C17H24BrN/c1-2-19-12-17(11-14-3-6-15(17)9-14)10-13-4-7-16(18)8-5-13/h4-5,7-8,14-15,19H,2-3,6,9-12H2,1H3. The van der Waals surface area contributed by atoms with E-state index in [1.807, 2.05) is 0 Å². The molecular formula is C17H24BrN. The molecule has 2 saturated carbocycles. The lowest BCUT2D eigenvalue weighted by Crippen LogP contribution is -2.40. The smallest absolute Gasteiger partial charge is 0.0175 e. The topological polar surface area (TPSA) is 12.0 Å². The van der Waals surface area contributed by atoms with Crippen molar-refractivity contribution in [2.45, 2.75) is 39.0 Å². The number of halogens is 1. The van der Waals surface area contributed by atoms with Gasteiger partial charge in [0.2, 0.25) is 0 Å². The Morgan fingerprint density at radius 3 is 2.63 bits per heavy atom. The molecule has 1 aromatic carbocycles. The van der Waals surface area contributed by atoms with Gasteiger partial charge in [-0.2, -0.15) is 0 Å². The van der Waals surface area contributed by atoms with Gasteiger partial charge in [-0.05, 0) is 67.2 Å². The molecule has 2 heteroatoms. The van der Waals surface area contributed by atoms with Gasteiger partial charge in [0.05, 0.1) is 0 Å². The van der Waals surface area contributed by atoms with Crippen molar-refractivity contribution in [3.63, 3.8) is 0 Å². The highest BCUT2D eigenvalue weighted by atomic mass is 79.9. The summed E-state index contributed by atoms with van der Waals surface area (Å²) in [5.74, 6) is 1.97. The molecule has 2 fully saturated rings. The maximum atomic E-state index is 3.64. The van der Waals surface area contributed by atoms with E-state index in [0.29, 0.717) is 5.41 Å². The van der Waals surface area contributed by atoms with Crippen LogP contribution in [-0.2, 0) is 6.42 Å². The van der Waals surface area contributed by atoms with Crippen LogP contribution in [0.2, 0.25) is 0 Å². The minimum atomic E-state index is 0.534. The molecule has 1 N–H and O–H groups in total. The van der Waals surface area contributed by atoms with Crippen molar-refractivity contribution in [1.82, 2.24) is 5.32 Å². The van der Waals surface area contributed by atoms with E-state index in [-0.39, 0.29) is 0 Å². The molecule has 1 aromatic rings. The molecule has 104 valence electrons.